The first kappa shape index (κ1) is 9.74. The SMILES string of the molecule is N#Cc1cccc(-c2ccc(Br)nn2)n1. The molecule has 5 heteroatoms. The highest BCUT2D eigenvalue weighted by atomic mass is 79.9. The molecule has 2 aromatic heterocycles. The molecular weight excluding hydrogens is 256 g/mol. The van der Waals surface area contributed by atoms with Crippen molar-refractivity contribution in [2.45, 2.75) is 0 Å². The Morgan fingerprint density at radius 2 is 1.93 bits per heavy atom. The maximum Gasteiger partial charge on any atom is 0.141 e. The van der Waals surface area contributed by atoms with Crippen LogP contribution in [-0.2, 0) is 0 Å². The second-order valence-corrected chi connectivity index (χ2v) is 3.57. The molecule has 0 aromatic carbocycles. The van der Waals surface area contributed by atoms with E-state index < -0.39 is 0 Å². The van der Waals surface area contributed by atoms with Crippen LogP contribution >= 0.6 is 15.9 Å². The zero-order chi connectivity index (χ0) is 10.7. The van der Waals surface area contributed by atoms with Gasteiger partial charge < -0.3 is 0 Å². The fourth-order valence-electron chi connectivity index (χ4n) is 1.09. The summed E-state index contributed by atoms with van der Waals surface area (Å²) >= 11 is 3.20. The molecule has 0 N–H and O–H groups in total. The second kappa shape index (κ2) is 4.15. The van der Waals surface area contributed by atoms with Crippen molar-refractivity contribution in [1.82, 2.24) is 15.2 Å². The molecule has 0 fully saturated rings. The molecule has 0 atom stereocenters. The third-order valence-corrected chi connectivity index (χ3v) is 2.18. The second-order valence-electron chi connectivity index (χ2n) is 2.76. The number of aromatic nitrogens is 3. The summed E-state index contributed by atoms with van der Waals surface area (Å²) in [6.07, 6.45) is 0. The van der Waals surface area contributed by atoms with Crippen molar-refractivity contribution in [2.24, 2.45) is 0 Å². The van der Waals surface area contributed by atoms with Gasteiger partial charge in [0.15, 0.2) is 0 Å². The van der Waals surface area contributed by atoms with E-state index in [1.54, 1.807) is 30.3 Å². The normalized spacial score (nSPS) is 9.60. The molecule has 0 bridgehead atoms. The average molecular weight is 261 g/mol. The van der Waals surface area contributed by atoms with Crippen LogP contribution in [0.3, 0.4) is 0 Å². The molecule has 2 heterocycles. The summed E-state index contributed by atoms with van der Waals surface area (Å²) in [7, 11) is 0. The van der Waals surface area contributed by atoms with Crippen molar-refractivity contribution in [3.8, 4) is 17.5 Å². The molecule has 2 rings (SSSR count). The predicted molar refractivity (Wildman–Crippen MR) is 57.7 cm³/mol. The molecule has 0 radical (unpaired) electrons. The van der Waals surface area contributed by atoms with E-state index in [2.05, 4.69) is 31.1 Å². The predicted octanol–water partition coefficient (Wildman–Crippen LogP) is 2.17. The molecular formula is C10H5BrN4. The smallest absolute Gasteiger partial charge is 0.141 e. The monoisotopic (exact) mass is 260 g/mol. The fraction of sp³-hybridized carbons (Fsp3) is 0. The molecule has 0 aliphatic heterocycles. The van der Waals surface area contributed by atoms with Crippen molar-refractivity contribution in [1.29, 1.82) is 5.26 Å². The number of nitriles is 1. The molecule has 0 aliphatic rings. The fourth-order valence-corrected chi connectivity index (χ4v) is 1.30. The minimum absolute atomic E-state index is 0.372. The highest BCUT2D eigenvalue weighted by Gasteiger charge is 2.02. The van der Waals surface area contributed by atoms with E-state index in [-0.39, 0.29) is 0 Å². The summed E-state index contributed by atoms with van der Waals surface area (Å²) in [4.78, 5) is 4.11. The van der Waals surface area contributed by atoms with Gasteiger partial charge in [0, 0.05) is 0 Å². The van der Waals surface area contributed by atoms with Gasteiger partial charge in [-0.25, -0.2) is 4.98 Å². The maximum atomic E-state index is 8.70. The molecule has 0 spiro atoms. The van der Waals surface area contributed by atoms with Crippen LogP contribution < -0.4 is 0 Å². The van der Waals surface area contributed by atoms with Crippen LogP contribution in [-0.4, -0.2) is 15.2 Å². The lowest BCUT2D eigenvalue weighted by Gasteiger charge is -1.98. The van der Waals surface area contributed by atoms with Crippen molar-refractivity contribution in [3.63, 3.8) is 0 Å². The lowest BCUT2D eigenvalue weighted by molar-refractivity contribution is 1.00. The van der Waals surface area contributed by atoms with Gasteiger partial charge in [-0.15, -0.1) is 10.2 Å². The Balaban J connectivity index is 2.46. The highest BCUT2D eigenvalue weighted by molar-refractivity contribution is 9.10. The van der Waals surface area contributed by atoms with Gasteiger partial charge in [0.05, 0.1) is 5.69 Å². The van der Waals surface area contributed by atoms with E-state index in [1.165, 1.54) is 0 Å². The summed E-state index contributed by atoms with van der Waals surface area (Å²) in [5.74, 6) is 0. The van der Waals surface area contributed by atoms with E-state index in [1.807, 2.05) is 6.07 Å². The summed E-state index contributed by atoms with van der Waals surface area (Å²) in [5, 5.41) is 16.5. The van der Waals surface area contributed by atoms with Crippen molar-refractivity contribution < 1.29 is 0 Å². The molecule has 4 nitrogen and oxygen atoms in total. The molecule has 0 aliphatic carbocycles. The maximum absolute atomic E-state index is 8.70. The zero-order valence-corrected chi connectivity index (χ0v) is 9.14. The van der Waals surface area contributed by atoms with E-state index in [0.717, 1.165) is 0 Å². The van der Waals surface area contributed by atoms with E-state index in [0.29, 0.717) is 21.7 Å². The van der Waals surface area contributed by atoms with Gasteiger partial charge in [-0.3, -0.25) is 0 Å². The Bertz CT molecular complexity index is 516. The minimum Gasteiger partial charge on any atom is -0.235 e. The summed E-state index contributed by atoms with van der Waals surface area (Å²) < 4.78 is 0.669. The molecule has 0 unspecified atom stereocenters. The van der Waals surface area contributed by atoms with Gasteiger partial charge in [-0.05, 0) is 40.2 Å². The van der Waals surface area contributed by atoms with E-state index in [4.69, 9.17) is 5.26 Å². The zero-order valence-electron chi connectivity index (χ0n) is 7.55. The first-order valence-electron chi connectivity index (χ1n) is 4.16. The van der Waals surface area contributed by atoms with Gasteiger partial charge in [-0.1, -0.05) is 6.07 Å². The van der Waals surface area contributed by atoms with Gasteiger partial charge in [0.1, 0.15) is 22.1 Å². The molecule has 0 saturated heterocycles. The Hall–Kier alpha value is -1.80. The van der Waals surface area contributed by atoms with Crippen LogP contribution in [0.25, 0.3) is 11.4 Å². The number of halogens is 1. The molecule has 72 valence electrons. The van der Waals surface area contributed by atoms with Crippen LogP contribution in [0.1, 0.15) is 5.69 Å². The standard InChI is InChI=1S/C10H5BrN4/c11-10-5-4-9(14-15-10)8-3-1-2-7(6-12)13-8/h1-5H. The number of hydrogen-bond donors (Lipinski definition) is 0. The van der Waals surface area contributed by atoms with Crippen LogP contribution in [0.5, 0.6) is 0 Å². The minimum atomic E-state index is 0.372. The van der Waals surface area contributed by atoms with Gasteiger partial charge in [0.25, 0.3) is 0 Å². The Labute approximate surface area is 94.7 Å². The molecule has 15 heavy (non-hydrogen) atoms. The molecule has 0 saturated carbocycles. The Morgan fingerprint density at radius 1 is 1.07 bits per heavy atom. The van der Waals surface area contributed by atoms with Crippen LogP contribution in [0.2, 0.25) is 0 Å². The number of nitrogens with zero attached hydrogens (tertiary/aromatic N) is 4. The van der Waals surface area contributed by atoms with Crippen molar-refractivity contribution in [2.75, 3.05) is 0 Å². The Morgan fingerprint density at radius 3 is 2.60 bits per heavy atom. The first-order chi connectivity index (χ1) is 7.29. The lowest BCUT2D eigenvalue weighted by Crippen LogP contribution is -1.91. The van der Waals surface area contributed by atoms with Crippen LogP contribution in [0.15, 0.2) is 34.9 Å². The molecule has 0 amide bonds. The van der Waals surface area contributed by atoms with E-state index >= 15 is 0 Å². The van der Waals surface area contributed by atoms with Crippen LogP contribution in [0, 0.1) is 11.3 Å². The highest BCUT2D eigenvalue weighted by Crippen LogP contribution is 2.14. The third-order valence-electron chi connectivity index (χ3n) is 1.76. The van der Waals surface area contributed by atoms with E-state index in [9.17, 15) is 0 Å². The molecule has 2 aromatic rings. The Kier molecular flexibility index (Phi) is 2.70. The first-order valence-corrected chi connectivity index (χ1v) is 4.95. The lowest BCUT2D eigenvalue weighted by atomic mass is 10.2. The van der Waals surface area contributed by atoms with Gasteiger partial charge in [-0.2, -0.15) is 5.26 Å². The quantitative estimate of drug-likeness (QED) is 0.789. The average Bonchev–Trinajstić information content (AvgIpc) is 2.30. The number of pyridine rings is 1. The topological polar surface area (TPSA) is 62.5 Å². The van der Waals surface area contributed by atoms with Crippen LogP contribution in [0.4, 0.5) is 0 Å². The summed E-state index contributed by atoms with van der Waals surface area (Å²) in [6, 6.07) is 10.8. The van der Waals surface area contributed by atoms with Crippen molar-refractivity contribution >= 4 is 15.9 Å². The summed E-state index contributed by atoms with van der Waals surface area (Å²) in [5.41, 5.74) is 1.67. The number of rotatable bonds is 1. The number of hydrogen-bond acceptors (Lipinski definition) is 4. The van der Waals surface area contributed by atoms with Gasteiger partial charge in [0.2, 0.25) is 0 Å². The van der Waals surface area contributed by atoms with Crippen molar-refractivity contribution in [3.05, 3.63) is 40.6 Å². The third kappa shape index (κ3) is 2.17. The largest absolute Gasteiger partial charge is 0.235 e. The van der Waals surface area contributed by atoms with Gasteiger partial charge >= 0.3 is 0 Å². The summed E-state index contributed by atoms with van der Waals surface area (Å²) in [6.45, 7) is 0.